The number of carboxylic acids is 2. The van der Waals surface area contributed by atoms with Gasteiger partial charge in [0.15, 0.2) is 0 Å². The van der Waals surface area contributed by atoms with Crippen molar-refractivity contribution in [3.8, 4) is 0 Å². The maximum absolute atomic E-state index is 13.4. The molecule has 0 unspecified atom stereocenters. The molecule has 0 aliphatic rings. The molecule has 0 saturated heterocycles. The van der Waals surface area contributed by atoms with Crippen molar-refractivity contribution < 1.29 is 29.4 Å². The topological polar surface area (TPSA) is 133 Å². The van der Waals surface area contributed by atoms with Crippen molar-refractivity contribution in [3.63, 3.8) is 0 Å². The van der Waals surface area contributed by atoms with Crippen LogP contribution in [0.25, 0.3) is 10.8 Å². The van der Waals surface area contributed by atoms with E-state index in [1.54, 1.807) is 0 Å². The van der Waals surface area contributed by atoms with Gasteiger partial charge in [0.05, 0.1) is 16.7 Å². The van der Waals surface area contributed by atoms with Crippen molar-refractivity contribution >= 4 is 66.4 Å². The van der Waals surface area contributed by atoms with Crippen molar-refractivity contribution in [3.05, 3.63) is 43.3 Å². The zero-order valence-electron chi connectivity index (χ0n) is 23.3. The number of rotatable bonds is 18. The molecule has 2 aromatic rings. The summed E-state index contributed by atoms with van der Waals surface area (Å²) in [5, 5.41) is 25.6. The molecule has 8 nitrogen and oxygen atoms in total. The van der Waals surface area contributed by atoms with Crippen molar-refractivity contribution in [1.29, 1.82) is 0 Å². The molecule has 0 aliphatic heterocycles. The van der Waals surface area contributed by atoms with Gasteiger partial charge in [0.1, 0.15) is 0 Å². The normalized spacial score (nSPS) is 11.0. The van der Waals surface area contributed by atoms with Crippen LogP contribution in [-0.4, -0.2) is 47.1 Å². The Balaban J connectivity index is 2.47. The number of halogens is 2. The zero-order valence-corrected chi connectivity index (χ0v) is 26.5. The Morgan fingerprint density at radius 1 is 0.600 bits per heavy atom. The lowest BCUT2D eigenvalue weighted by Gasteiger charge is -2.18. The molecular weight excluding hydrogens is 644 g/mol. The van der Waals surface area contributed by atoms with Crippen LogP contribution in [0.4, 0.5) is 0 Å². The molecule has 0 aromatic heterocycles. The minimum Gasteiger partial charge on any atom is -0.478 e. The summed E-state index contributed by atoms with van der Waals surface area (Å²) >= 11 is 6.56. The van der Waals surface area contributed by atoms with Crippen LogP contribution in [0.5, 0.6) is 0 Å². The van der Waals surface area contributed by atoms with Crippen LogP contribution in [0, 0.1) is 0 Å². The number of amides is 2. The van der Waals surface area contributed by atoms with Gasteiger partial charge in [-0.05, 0) is 56.8 Å². The maximum atomic E-state index is 13.4. The average Bonchev–Trinajstić information content (AvgIpc) is 2.90. The van der Waals surface area contributed by atoms with E-state index in [-0.39, 0.29) is 42.0 Å². The highest BCUT2D eigenvalue weighted by Gasteiger charge is 2.29. The van der Waals surface area contributed by atoms with Gasteiger partial charge in [-0.25, -0.2) is 9.59 Å². The molecule has 0 aliphatic carbocycles. The van der Waals surface area contributed by atoms with Crippen LogP contribution in [0.15, 0.2) is 21.1 Å². The van der Waals surface area contributed by atoms with E-state index in [1.165, 1.54) is 25.0 Å². The Morgan fingerprint density at radius 3 is 1.52 bits per heavy atom. The fourth-order valence-electron chi connectivity index (χ4n) is 4.75. The van der Waals surface area contributed by atoms with Gasteiger partial charge in [-0.2, -0.15) is 0 Å². The fourth-order valence-corrected chi connectivity index (χ4v) is 5.95. The summed E-state index contributed by atoms with van der Waals surface area (Å²) in [5.41, 5.74) is -0.576. The Bertz CT molecular complexity index is 1210. The molecule has 2 rings (SSSR count). The zero-order chi connectivity index (χ0) is 29.7. The summed E-state index contributed by atoms with van der Waals surface area (Å²) < 4.78 is 0.224. The SMILES string of the molecule is CCCCCCCCNC(=O)c1cc(Br)c(C(=O)NCCCCCCCC)c2c(C(=O)O)cc(Br)c(C(=O)O)c12. The molecule has 10 heteroatoms. The third-order valence-electron chi connectivity index (χ3n) is 6.86. The molecule has 0 spiro atoms. The van der Waals surface area contributed by atoms with Gasteiger partial charge in [0.2, 0.25) is 0 Å². The number of carbonyl (C=O) groups excluding carboxylic acids is 2. The lowest BCUT2D eigenvalue weighted by molar-refractivity contribution is 0.0683. The Morgan fingerprint density at radius 2 is 1.02 bits per heavy atom. The van der Waals surface area contributed by atoms with E-state index < -0.39 is 23.8 Å². The highest BCUT2D eigenvalue weighted by Crippen LogP contribution is 2.38. The number of nitrogens with one attached hydrogen (secondary N) is 2. The molecule has 4 N–H and O–H groups in total. The maximum Gasteiger partial charge on any atom is 0.337 e. The predicted molar refractivity (Wildman–Crippen MR) is 165 cm³/mol. The molecule has 0 radical (unpaired) electrons. The molecule has 0 saturated carbocycles. The molecule has 0 heterocycles. The average molecular weight is 684 g/mol. The summed E-state index contributed by atoms with van der Waals surface area (Å²) in [4.78, 5) is 51.3. The van der Waals surface area contributed by atoms with Crippen LogP contribution in [-0.2, 0) is 0 Å². The lowest BCUT2D eigenvalue weighted by atomic mass is 9.90. The molecule has 0 atom stereocenters. The van der Waals surface area contributed by atoms with E-state index in [9.17, 15) is 29.4 Å². The van der Waals surface area contributed by atoms with Crippen molar-refractivity contribution in [2.45, 2.75) is 90.9 Å². The smallest absolute Gasteiger partial charge is 0.337 e. The van der Waals surface area contributed by atoms with Crippen molar-refractivity contribution in [2.75, 3.05) is 13.1 Å². The van der Waals surface area contributed by atoms with Gasteiger partial charge in [-0.1, -0.05) is 78.1 Å². The van der Waals surface area contributed by atoms with E-state index in [1.807, 2.05) is 0 Å². The van der Waals surface area contributed by atoms with E-state index >= 15 is 0 Å². The molecule has 0 fully saturated rings. The number of hydrogen-bond donors (Lipinski definition) is 4. The first-order valence-corrected chi connectivity index (χ1v) is 15.8. The molecule has 2 amide bonds. The molecule has 0 bridgehead atoms. The van der Waals surface area contributed by atoms with Crippen LogP contribution in [0.3, 0.4) is 0 Å². The minimum absolute atomic E-state index is 0.00985. The predicted octanol–water partition coefficient (Wildman–Crippen LogP) is 7.94. The highest BCUT2D eigenvalue weighted by atomic mass is 79.9. The minimum atomic E-state index is -1.35. The number of unbranched alkanes of at least 4 members (excludes halogenated alkanes) is 10. The summed E-state index contributed by atoms with van der Waals surface area (Å²) in [6.45, 7) is 5.08. The largest absolute Gasteiger partial charge is 0.478 e. The number of carboxylic acid groups (broad SMARTS) is 2. The van der Waals surface area contributed by atoms with E-state index in [0.29, 0.717) is 13.1 Å². The quantitative estimate of drug-likeness (QED) is 0.118. The van der Waals surface area contributed by atoms with E-state index in [4.69, 9.17) is 0 Å². The second-order valence-electron chi connectivity index (χ2n) is 9.97. The van der Waals surface area contributed by atoms with Gasteiger partial charge in [0, 0.05) is 38.4 Å². The van der Waals surface area contributed by atoms with Crippen molar-refractivity contribution in [1.82, 2.24) is 10.6 Å². The number of benzene rings is 2. The van der Waals surface area contributed by atoms with E-state index in [0.717, 1.165) is 64.2 Å². The van der Waals surface area contributed by atoms with Gasteiger partial charge in [-0.3, -0.25) is 9.59 Å². The third-order valence-corrected chi connectivity index (χ3v) is 8.11. The monoisotopic (exact) mass is 682 g/mol. The third kappa shape index (κ3) is 9.29. The summed E-state index contributed by atoms with van der Waals surface area (Å²) in [6, 6.07) is 2.58. The molecular formula is C30H40Br2N2O6. The Hall–Kier alpha value is -2.46. The lowest BCUT2D eigenvalue weighted by Crippen LogP contribution is -2.28. The van der Waals surface area contributed by atoms with Crippen LogP contribution < -0.4 is 10.6 Å². The van der Waals surface area contributed by atoms with Crippen LogP contribution in [0.1, 0.15) is 132 Å². The fraction of sp³-hybridized carbons (Fsp3) is 0.533. The second-order valence-corrected chi connectivity index (χ2v) is 11.7. The number of hydrogen-bond acceptors (Lipinski definition) is 4. The first-order chi connectivity index (χ1) is 19.1. The number of fused-ring (bicyclic) bond motifs is 1. The van der Waals surface area contributed by atoms with Gasteiger partial charge in [0.25, 0.3) is 11.8 Å². The first kappa shape index (κ1) is 33.7. The van der Waals surface area contributed by atoms with Gasteiger partial charge >= 0.3 is 11.9 Å². The Labute approximate surface area is 252 Å². The number of carbonyl (C=O) groups is 4. The van der Waals surface area contributed by atoms with Crippen molar-refractivity contribution in [2.24, 2.45) is 0 Å². The standard InChI is InChI=1S/C30H40Br2N2O6/c1-3-5-7-9-11-13-15-33-27(35)19-17-21(31)25(28(36)34-16-14-12-10-8-6-4-2)24-20(29(37)38)18-22(32)26(23(19)24)30(39)40/h17-18H,3-16H2,1-2H3,(H,33,35)(H,34,36)(H,37,38)(H,39,40). The Kier molecular flexibility index (Phi) is 14.7. The van der Waals surface area contributed by atoms with Crippen LogP contribution >= 0.6 is 31.9 Å². The number of aromatic carboxylic acids is 2. The summed E-state index contributed by atoms with van der Waals surface area (Å²) in [7, 11) is 0. The molecule has 2 aromatic carbocycles. The molecule has 220 valence electrons. The van der Waals surface area contributed by atoms with Crippen LogP contribution in [0.2, 0.25) is 0 Å². The second kappa shape index (κ2) is 17.4. The first-order valence-electron chi connectivity index (χ1n) is 14.2. The highest BCUT2D eigenvalue weighted by molar-refractivity contribution is 9.10. The van der Waals surface area contributed by atoms with Gasteiger partial charge < -0.3 is 20.8 Å². The summed E-state index contributed by atoms with van der Waals surface area (Å²) in [6.07, 6.45) is 12.5. The molecule has 40 heavy (non-hydrogen) atoms. The summed E-state index contributed by atoms with van der Waals surface area (Å²) in [5.74, 6) is -3.76. The van der Waals surface area contributed by atoms with Gasteiger partial charge in [-0.15, -0.1) is 0 Å². The van der Waals surface area contributed by atoms with E-state index in [2.05, 4.69) is 56.3 Å².